The molecule has 0 bridgehead atoms. The molecule has 0 aliphatic heterocycles. The summed E-state index contributed by atoms with van der Waals surface area (Å²) in [5.41, 5.74) is 1.56. The molecule has 0 aliphatic rings. The number of nitrogens with zero attached hydrogens (tertiary/aromatic N) is 3. The molecule has 0 aliphatic carbocycles. The Labute approximate surface area is 149 Å². The minimum Gasteiger partial charge on any atom is -0.335 e. The van der Waals surface area contributed by atoms with Crippen molar-refractivity contribution in [1.29, 1.82) is 0 Å². The third-order valence-corrected chi connectivity index (χ3v) is 3.97. The molecule has 1 unspecified atom stereocenters. The third kappa shape index (κ3) is 4.11. The number of aromatic nitrogens is 2. The van der Waals surface area contributed by atoms with Gasteiger partial charge in [0.1, 0.15) is 11.9 Å². The van der Waals surface area contributed by atoms with Crippen LogP contribution >= 0.6 is 11.6 Å². The molecule has 0 saturated heterocycles. The molecule has 124 valence electrons. The number of hydrogen-bond acceptors (Lipinski definition) is 3. The Hall–Kier alpha value is -2.97. The first-order valence-electron chi connectivity index (χ1n) is 7.51. The lowest BCUT2D eigenvalue weighted by Gasteiger charge is -2.12. The first-order valence-corrected chi connectivity index (χ1v) is 7.89. The molecular weight excluding hydrogens is 341 g/mol. The molecule has 4 nitrogen and oxygen atoms in total. The van der Waals surface area contributed by atoms with E-state index in [1.165, 1.54) is 6.07 Å². The van der Waals surface area contributed by atoms with E-state index in [4.69, 9.17) is 11.6 Å². The second-order valence-corrected chi connectivity index (χ2v) is 5.75. The van der Waals surface area contributed by atoms with Crippen molar-refractivity contribution in [2.75, 3.05) is 0 Å². The Morgan fingerprint density at radius 2 is 2.08 bits per heavy atom. The van der Waals surface area contributed by atoms with Gasteiger partial charge in [-0.25, -0.2) is 9.37 Å². The van der Waals surface area contributed by atoms with Gasteiger partial charge in [-0.2, -0.15) is 4.91 Å². The van der Waals surface area contributed by atoms with Crippen molar-refractivity contribution in [3.05, 3.63) is 93.6 Å². The SMILES string of the molecule is O=NC(Cn1ccnc1)c1ccc(C#Cc2ccccc2F)cc1Cl. The zero-order valence-corrected chi connectivity index (χ0v) is 13.8. The van der Waals surface area contributed by atoms with Crippen LogP contribution in [0.2, 0.25) is 5.02 Å². The largest absolute Gasteiger partial charge is 0.335 e. The molecule has 1 aromatic heterocycles. The van der Waals surface area contributed by atoms with Crippen LogP contribution in [0.1, 0.15) is 22.7 Å². The fraction of sp³-hybridized carbons (Fsp3) is 0.105. The molecule has 0 spiro atoms. The van der Waals surface area contributed by atoms with E-state index in [2.05, 4.69) is 22.0 Å². The number of benzene rings is 2. The van der Waals surface area contributed by atoms with Crippen molar-refractivity contribution >= 4 is 11.6 Å². The van der Waals surface area contributed by atoms with Gasteiger partial charge in [0.05, 0.1) is 18.4 Å². The molecule has 0 fully saturated rings. The maximum absolute atomic E-state index is 13.6. The van der Waals surface area contributed by atoms with Gasteiger partial charge >= 0.3 is 0 Å². The van der Waals surface area contributed by atoms with Crippen LogP contribution in [0.5, 0.6) is 0 Å². The van der Waals surface area contributed by atoms with Gasteiger partial charge in [-0.1, -0.05) is 46.8 Å². The number of halogens is 2. The van der Waals surface area contributed by atoms with E-state index >= 15 is 0 Å². The van der Waals surface area contributed by atoms with E-state index in [1.54, 1.807) is 59.7 Å². The summed E-state index contributed by atoms with van der Waals surface area (Å²) < 4.78 is 15.3. The molecule has 0 N–H and O–H groups in total. The summed E-state index contributed by atoms with van der Waals surface area (Å²) in [5.74, 6) is 5.28. The summed E-state index contributed by atoms with van der Waals surface area (Å²) in [6.45, 7) is 0.351. The van der Waals surface area contributed by atoms with Crippen LogP contribution in [-0.4, -0.2) is 9.55 Å². The number of hydrogen-bond donors (Lipinski definition) is 0. The zero-order chi connectivity index (χ0) is 17.6. The minimum atomic E-state index is -0.629. The highest BCUT2D eigenvalue weighted by Gasteiger charge is 2.16. The Morgan fingerprint density at radius 3 is 2.76 bits per heavy atom. The number of nitroso groups, excluding NO2 is 1. The standard InChI is InChI=1S/C19H13ClFN3O/c20-17-11-14(5-7-15-3-1-2-4-18(15)21)6-8-16(17)19(23-25)12-24-10-9-22-13-24/h1-4,6,8-11,13,19H,12H2. The predicted molar refractivity (Wildman–Crippen MR) is 94.6 cm³/mol. The molecule has 0 amide bonds. The average Bonchev–Trinajstić information content (AvgIpc) is 3.13. The normalized spacial score (nSPS) is 11.4. The van der Waals surface area contributed by atoms with Crippen molar-refractivity contribution in [1.82, 2.24) is 9.55 Å². The van der Waals surface area contributed by atoms with E-state index in [0.29, 0.717) is 28.3 Å². The summed E-state index contributed by atoms with van der Waals surface area (Å²) in [5, 5.41) is 3.55. The Bertz CT molecular complexity index is 945. The summed E-state index contributed by atoms with van der Waals surface area (Å²) in [4.78, 5) is 15.1. The van der Waals surface area contributed by atoms with Crippen LogP contribution in [0, 0.1) is 22.6 Å². The smallest absolute Gasteiger partial charge is 0.138 e. The van der Waals surface area contributed by atoms with E-state index in [1.807, 2.05) is 0 Å². The minimum absolute atomic E-state index is 0.315. The first kappa shape index (κ1) is 16.9. The maximum Gasteiger partial charge on any atom is 0.138 e. The zero-order valence-electron chi connectivity index (χ0n) is 13.1. The van der Waals surface area contributed by atoms with Crippen molar-refractivity contribution in [2.45, 2.75) is 12.6 Å². The predicted octanol–water partition coefficient (Wildman–Crippen LogP) is 4.58. The number of rotatable bonds is 4. The summed E-state index contributed by atoms with van der Waals surface area (Å²) >= 11 is 6.29. The molecule has 0 saturated carbocycles. The van der Waals surface area contributed by atoms with E-state index < -0.39 is 6.04 Å². The lowest BCUT2D eigenvalue weighted by Crippen LogP contribution is -2.06. The van der Waals surface area contributed by atoms with Gasteiger partial charge in [0.15, 0.2) is 0 Å². The fourth-order valence-corrected chi connectivity index (χ4v) is 2.67. The molecule has 0 radical (unpaired) electrons. The van der Waals surface area contributed by atoms with Gasteiger partial charge in [0.2, 0.25) is 0 Å². The highest BCUT2D eigenvalue weighted by atomic mass is 35.5. The van der Waals surface area contributed by atoms with Crippen LogP contribution in [0.3, 0.4) is 0 Å². The van der Waals surface area contributed by atoms with Gasteiger partial charge in [0, 0.05) is 28.5 Å². The monoisotopic (exact) mass is 353 g/mol. The van der Waals surface area contributed by atoms with Crippen molar-refractivity contribution in [2.24, 2.45) is 5.18 Å². The van der Waals surface area contributed by atoms with Gasteiger partial charge in [0.25, 0.3) is 0 Å². The lowest BCUT2D eigenvalue weighted by atomic mass is 10.0. The van der Waals surface area contributed by atoms with Crippen LogP contribution in [0.15, 0.2) is 66.4 Å². The second kappa shape index (κ2) is 7.73. The summed E-state index contributed by atoms with van der Waals surface area (Å²) in [7, 11) is 0. The van der Waals surface area contributed by atoms with Crippen LogP contribution in [0.25, 0.3) is 0 Å². The summed E-state index contributed by atoms with van der Waals surface area (Å²) in [6.07, 6.45) is 4.99. The second-order valence-electron chi connectivity index (χ2n) is 5.35. The van der Waals surface area contributed by atoms with Gasteiger partial charge in [-0.3, -0.25) is 0 Å². The van der Waals surface area contributed by atoms with Gasteiger partial charge in [-0.15, -0.1) is 0 Å². The molecule has 3 rings (SSSR count). The third-order valence-electron chi connectivity index (χ3n) is 3.65. The lowest BCUT2D eigenvalue weighted by molar-refractivity contribution is 0.575. The fourth-order valence-electron chi connectivity index (χ4n) is 2.36. The number of imidazole rings is 1. The first-order chi connectivity index (χ1) is 12.2. The highest BCUT2D eigenvalue weighted by Crippen LogP contribution is 2.28. The maximum atomic E-state index is 13.6. The molecule has 2 aromatic carbocycles. The topological polar surface area (TPSA) is 47.2 Å². The van der Waals surface area contributed by atoms with Gasteiger partial charge < -0.3 is 4.57 Å². The van der Waals surface area contributed by atoms with Crippen molar-refractivity contribution in [3.63, 3.8) is 0 Å². The van der Waals surface area contributed by atoms with Crippen LogP contribution in [-0.2, 0) is 6.54 Å². The van der Waals surface area contributed by atoms with Gasteiger partial charge in [-0.05, 0) is 24.3 Å². The molecule has 1 heterocycles. The quantitative estimate of drug-likeness (QED) is 0.509. The molecule has 6 heteroatoms. The molecule has 3 aromatic rings. The average molecular weight is 354 g/mol. The highest BCUT2D eigenvalue weighted by molar-refractivity contribution is 6.31. The van der Waals surface area contributed by atoms with Crippen molar-refractivity contribution < 1.29 is 4.39 Å². The van der Waals surface area contributed by atoms with Crippen LogP contribution in [0.4, 0.5) is 4.39 Å². The Kier molecular flexibility index (Phi) is 5.22. The van der Waals surface area contributed by atoms with E-state index in [-0.39, 0.29) is 5.82 Å². The Morgan fingerprint density at radius 1 is 1.24 bits per heavy atom. The molecule has 25 heavy (non-hydrogen) atoms. The van der Waals surface area contributed by atoms with Crippen molar-refractivity contribution in [3.8, 4) is 11.8 Å². The van der Waals surface area contributed by atoms with E-state index in [9.17, 15) is 9.30 Å². The summed E-state index contributed by atoms with van der Waals surface area (Å²) in [6, 6.07) is 10.8. The van der Waals surface area contributed by atoms with Crippen LogP contribution < -0.4 is 0 Å². The van der Waals surface area contributed by atoms with E-state index in [0.717, 1.165) is 0 Å². The molecule has 1 atom stereocenters. The Balaban J connectivity index is 1.83. The molecular formula is C19H13ClFN3O.